The number of carboxylic acids is 1. The Balaban J connectivity index is 1.99. The Morgan fingerprint density at radius 3 is 2.52 bits per heavy atom. The summed E-state index contributed by atoms with van der Waals surface area (Å²) in [6.45, 7) is 2.39. The van der Waals surface area contributed by atoms with Gasteiger partial charge in [-0.15, -0.1) is 0 Å². The maximum absolute atomic E-state index is 10.9. The number of likely N-dealkylation sites (N-methyl/N-ethyl adjacent to an activating group) is 1. The molecule has 1 heterocycles. The quantitative estimate of drug-likeness (QED) is 0.827. The van der Waals surface area contributed by atoms with Crippen molar-refractivity contribution in [3.05, 3.63) is 35.4 Å². The first kappa shape index (κ1) is 15.9. The predicted octanol–water partition coefficient (Wildman–Crippen LogP) is 1.29. The summed E-state index contributed by atoms with van der Waals surface area (Å²) in [5, 5.41) is 19.5. The molecule has 0 bridgehead atoms. The van der Waals surface area contributed by atoms with Crippen molar-refractivity contribution >= 4 is 5.97 Å². The van der Waals surface area contributed by atoms with Crippen molar-refractivity contribution in [2.75, 3.05) is 26.8 Å². The average molecular weight is 293 g/mol. The Bertz CT molecular complexity index is 483. The second-order valence-corrected chi connectivity index (χ2v) is 5.85. The Labute approximate surface area is 125 Å². The minimum absolute atomic E-state index is 0.0299. The van der Waals surface area contributed by atoms with E-state index in [1.807, 2.05) is 36.2 Å². The van der Waals surface area contributed by atoms with Gasteiger partial charge < -0.3 is 14.9 Å². The van der Waals surface area contributed by atoms with Crippen molar-refractivity contribution in [2.24, 2.45) is 0 Å². The fourth-order valence-electron chi connectivity index (χ4n) is 2.81. The molecule has 1 aliphatic rings. The smallest absolute Gasteiger partial charge is 0.307 e. The lowest BCUT2D eigenvalue weighted by atomic mass is 9.93. The van der Waals surface area contributed by atoms with E-state index < -0.39 is 11.6 Å². The number of aliphatic hydroxyl groups is 1. The third-order valence-electron chi connectivity index (χ3n) is 3.89. The van der Waals surface area contributed by atoms with E-state index in [2.05, 4.69) is 0 Å². The van der Waals surface area contributed by atoms with Crippen LogP contribution in [-0.4, -0.2) is 53.5 Å². The van der Waals surface area contributed by atoms with Crippen molar-refractivity contribution in [3.63, 3.8) is 0 Å². The normalized spacial score (nSPS) is 17.9. The number of rotatable bonds is 6. The molecule has 1 fully saturated rings. The van der Waals surface area contributed by atoms with Crippen LogP contribution in [0.3, 0.4) is 0 Å². The Kier molecular flexibility index (Phi) is 5.33. The van der Waals surface area contributed by atoms with E-state index in [0.717, 1.165) is 11.1 Å². The number of ether oxygens (including phenoxy) is 1. The SMILES string of the molecule is CN(Cc1ccccc1CC(=O)O)CC1(O)CCOCC1. The monoisotopic (exact) mass is 293 g/mol. The average Bonchev–Trinajstić information content (AvgIpc) is 2.40. The van der Waals surface area contributed by atoms with Gasteiger partial charge >= 0.3 is 5.97 Å². The Morgan fingerprint density at radius 1 is 1.29 bits per heavy atom. The molecule has 0 aromatic heterocycles. The van der Waals surface area contributed by atoms with Gasteiger partial charge in [0.1, 0.15) is 0 Å². The van der Waals surface area contributed by atoms with E-state index in [-0.39, 0.29) is 6.42 Å². The summed E-state index contributed by atoms with van der Waals surface area (Å²) in [6.07, 6.45) is 1.32. The van der Waals surface area contributed by atoms with E-state index in [0.29, 0.717) is 39.1 Å². The minimum Gasteiger partial charge on any atom is -0.481 e. The van der Waals surface area contributed by atoms with Crippen LogP contribution in [0, 0.1) is 0 Å². The molecule has 1 aromatic carbocycles. The van der Waals surface area contributed by atoms with Crippen LogP contribution in [0.1, 0.15) is 24.0 Å². The number of carbonyl (C=O) groups is 1. The standard InChI is InChI=1S/C16H23NO4/c1-17(12-16(20)6-8-21-9-7-16)11-14-5-3-2-4-13(14)10-15(18)19/h2-5,20H,6-12H2,1H3,(H,18,19). The summed E-state index contributed by atoms with van der Waals surface area (Å²) < 4.78 is 5.28. The van der Waals surface area contributed by atoms with Gasteiger partial charge in [-0.1, -0.05) is 24.3 Å². The second kappa shape index (κ2) is 7.02. The highest BCUT2D eigenvalue weighted by atomic mass is 16.5. The predicted molar refractivity (Wildman–Crippen MR) is 79.1 cm³/mol. The first-order valence-electron chi connectivity index (χ1n) is 7.26. The van der Waals surface area contributed by atoms with Crippen molar-refractivity contribution in [3.8, 4) is 0 Å². The van der Waals surface area contributed by atoms with Crippen molar-refractivity contribution in [1.82, 2.24) is 4.90 Å². The van der Waals surface area contributed by atoms with Crippen LogP contribution in [0.15, 0.2) is 24.3 Å². The lowest BCUT2D eigenvalue weighted by molar-refractivity contribution is -0.136. The van der Waals surface area contributed by atoms with Gasteiger partial charge in [-0.25, -0.2) is 0 Å². The highest BCUT2D eigenvalue weighted by molar-refractivity contribution is 5.70. The van der Waals surface area contributed by atoms with Gasteiger partial charge in [0.15, 0.2) is 0 Å². The Hall–Kier alpha value is -1.43. The number of nitrogens with zero attached hydrogens (tertiary/aromatic N) is 1. The number of hydrogen-bond donors (Lipinski definition) is 2. The maximum Gasteiger partial charge on any atom is 0.307 e. The zero-order chi connectivity index (χ0) is 15.3. The topological polar surface area (TPSA) is 70.0 Å². The molecule has 0 radical (unpaired) electrons. The molecule has 1 saturated heterocycles. The molecule has 0 aliphatic carbocycles. The van der Waals surface area contributed by atoms with Crippen LogP contribution < -0.4 is 0 Å². The van der Waals surface area contributed by atoms with Gasteiger partial charge in [-0.2, -0.15) is 0 Å². The number of aliphatic carboxylic acids is 1. The molecule has 0 amide bonds. The summed E-state index contributed by atoms with van der Waals surface area (Å²) in [5.41, 5.74) is 1.13. The number of hydrogen-bond acceptors (Lipinski definition) is 4. The van der Waals surface area contributed by atoms with Gasteiger partial charge in [0.25, 0.3) is 0 Å². The molecule has 0 spiro atoms. The highest BCUT2D eigenvalue weighted by Crippen LogP contribution is 2.22. The molecule has 0 saturated carbocycles. The number of benzene rings is 1. The molecule has 5 nitrogen and oxygen atoms in total. The van der Waals surface area contributed by atoms with Crippen LogP contribution in [0.2, 0.25) is 0 Å². The van der Waals surface area contributed by atoms with Crippen molar-refractivity contribution < 1.29 is 19.7 Å². The molecule has 21 heavy (non-hydrogen) atoms. The largest absolute Gasteiger partial charge is 0.481 e. The molecule has 2 rings (SSSR count). The maximum atomic E-state index is 10.9. The summed E-state index contributed by atoms with van der Waals surface area (Å²) in [6, 6.07) is 7.56. The molecule has 5 heteroatoms. The van der Waals surface area contributed by atoms with E-state index >= 15 is 0 Å². The first-order chi connectivity index (χ1) is 9.98. The first-order valence-corrected chi connectivity index (χ1v) is 7.26. The lowest BCUT2D eigenvalue weighted by Gasteiger charge is -2.35. The van der Waals surface area contributed by atoms with Crippen LogP contribution in [-0.2, 0) is 22.5 Å². The summed E-state index contributed by atoms with van der Waals surface area (Å²) in [7, 11) is 1.95. The minimum atomic E-state index is -0.826. The zero-order valence-electron chi connectivity index (χ0n) is 12.4. The van der Waals surface area contributed by atoms with E-state index in [1.54, 1.807) is 0 Å². The van der Waals surface area contributed by atoms with Crippen LogP contribution in [0.25, 0.3) is 0 Å². The molecular weight excluding hydrogens is 270 g/mol. The van der Waals surface area contributed by atoms with Crippen molar-refractivity contribution in [2.45, 2.75) is 31.4 Å². The third-order valence-corrected chi connectivity index (χ3v) is 3.89. The summed E-state index contributed by atoms with van der Waals surface area (Å²) in [5.74, 6) is -0.826. The fraction of sp³-hybridized carbons (Fsp3) is 0.562. The van der Waals surface area contributed by atoms with Crippen LogP contribution in [0.5, 0.6) is 0 Å². The van der Waals surface area contributed by atoms with Gasteiger partial charge in [0.2, 0.25) is 0 Å². The lowest BCUT2D eigenvalue weighted by Crippen LogP contribution is -2.45. The van der Waals surface area contributed by atoms with Crippen LogP contribution in [0.4, 0.5) is 0 Å². The highest BCUT2D eigenvalue weighted by Gasteiger charge is 2.31. The van der Waals surface area contributed by atoms with E-state index in [4.69, 9.17) is 9.84 Å². The number of carboxylic acid groups (broad SMARTS) is 1. The molecule has 1 aliphatic heterocycles. The molecule has 0 unspecified atom stereocenters. The molecule has 1 aromatic rings. The summed E-state index contributed by atoms with van der Waals surface area (Å²) in [4.78, 5) is 13.0. The van der Waals surface area contributed by atoms with Gasteiger partial charge in [-0.3, -0.25) is 9.69 Å². The molecular formula is C16H23NO4. The van der Waals surface area contributed by atoms with Crippen LogP contribution >= 0.6 is 0 Å². The third kappa shape index (κ3) is 4.81. The molecule has 2 N–H and O–H groups in total. The van der Waals surface area contributed by atoms with Gasteiger partial charge in [-0.05, 0) is 18.2 Å². The zero-order valence-corrected chi connectivity index (χ0v) is 12.4. The second-order valence-electron chi connectivity index (χ2n) is 5.85. The molecule has 0 atom stereocenters. The van der Waals surface area contributed by atoms with E-state index in [1.165, 1.54) is 0 Å². The fourth-order valence-corrected chi connectivity index (χ4v) is 2.81. The van der Waals surface area contributed by atoms with Gasteiger partial charge in [0, 0.05) is 39.1 Å². The Morgan fingerprint density at radius 2 is 1.90 bits per heavy atom. The van der Waals surface area contributed by atoms with Gasteiger partial charge in [0.05, 0.1) is 12.0 Å². The summed E-state index contributed by atoms with van der Waals surface area (Å²) >= 11 is 0. The molecule has 116 valence electrons. The van der Waals surface area contributed by atoms with E-state index in [9.17, 15) is 9.90 Å². The van der Waals surface area contributed by atoms with Crippen molar-refractivity contribution in [1.29, 1.82) is 0 Å².